The monoisotopic (exact) mass is 807 g/mol. The molecule has 59 heavy (non-hydrogen) atoms. The van der Waals surface area contributed by atoms with Crippen LogP contribution in [0.25, 0.3) is 0 Å². The van der Waals surface area contributed by atoms with Crippen molar-refractivity contribution < 1.29 is 33.9 Å². The summed E-state index contributed by atoms with van der Waals surface area (Å²) in [5, 5.41) is 22.3. The number of rotatable bonds is 17. The molecule has 312 valence electrons. The van der Waals surface area contributed by atoms with E-state index in [4.69, 9.17) is 0 Å². The minimum absolute atomic E-state index is 0.0774. The molecular weight excluding hydrogens is 755 g/mol. The van der Waals surface area contributed by atoms with E-state index in [1.54, 1.807) is 24.3 Å². The van der Waals surface area contributed by atoms with Crippen molar-refractivity contribution in [2.75, 3.05) is 49.9 Å². The van der Waals surface area contributed by atoms with Crippen molar-refractivity contribution in [2.45, 2.75) is 95.4 Å². The van der Waals surface area contributed by atoms with Crippen molar-refractivity contribution in [3.8, 4) is 0 Å². The Hall–Kier alpha value is -5.74. The smallest absolute Gasteiger partial charge is 0.270 e. The molecule has 2 atom stereocenters. The first kappa shape index (κ1) is 41.4. The van der Waals surface area contributed by atoms with E-state index in [0.29, 0.717) is 44.1 Å². The molecule has 2 fully saturated rings. The van der Waals surface area contributed by atoms with E-state index in [1.807, 2.05) is 11.0 Å². The number of β-amino-alcohol motifs (C(OH)–C–C–N with tert-alkyl or cyclic N) is 1. The van der Waals surface area contributed by atoms with Crippen molar-refractivity contribution in [3.05, 3.63) is 82.8 Å². The predicted molar refractivity (Wildman–Crippen MR) is 218 cm³/mol. The van der Waals surface area contributed by atoms with Gasteiger partial charge in [-0.15, -0.1) is 0 Å². The topological polar surface area (TPSA) is 206 Å². The molecule has 0 spiro atoms. The standard InChI is InChI=1S/C43H53N9O7/c53-32(26-50-19-15-28-8-5-6-9-29(28)25-50)24-45-40(56)35-23-37(47-27-46-35)48-30-16-20-51(21-17-30)39(55)10-4-2-1-3-7-18-44-31-11-12-33-34(22-31)43(59)52(42(33)58)36-13-14-38(54)49-41(36)57/h5-6,8-9,11-12,22-23,27,30,32,36,44,53H,1-4,7,10,13-21,24-26H2,(H,45,56)(H,46,47,48)(H,49,54,57)/t32-,36?/m0/s1. The Balaban J connectivity index is 0.737. The third-order valence-electron chi connectivity index (χ3n) is 11.6. The second-order valence-electron chi connectivity index (χ2n) is 15.9. The molecule has 3 aromatic rings. The van der Waals surface area contributed by atoms with Gasteiger partial charge in [0.15, 0.2) is 0 Å². The highest BCUT2D eigenvalue weighted by atomic mass is 16.3. The van der Waals surface area contributed by atoms with Crippen LogP contribution in [-0.2, 0) is 27.3 Å². The molecule has 16 heteroatoms. The van der Waals surface area contributed by atoms with E-state index < -0.39 is 35.8 Å². The first-order valence-electron chi connectivity index (χ1n) is 20.8. The van der Waals surface area contributed by atoms with Crippen LogP contribution in [0.4, 0.5) is 11.5 Å². The normalized spacial score (nSPS) is 18.9. The second kappa shape index (κ2) is 19.3. The summed E-state index contributed by atoms with van der Waals surface area (Å²) >= 11 is 0. The van der Waals surface area contributed by atoms with Crippen LogP contribution in [0, 0.1) is 0 Å². The number of imide groups is 2. The number of piperidine rings is 2. The van der Waals surface area contributed by atoms with Gasteiger partial charge in [0.05, 0.1) is 17.2 Å². The van der Waals surface area contributed by atoms with Gasteiger partial charge in [-0.3, -0.25) is 43.9 Å². The van der Waals surface area contributed by atoms with Gasteiger partial charge in [0.1, 0.15) is 23.9 Å². The van der Waals surface area contributed by atoms with E-state index in [0.717, 1.165) is 69.4 Å². The second-order valence-corrected chi connectivity index (χ2v) is 15.9. The Kier molecular flexibility index (Phi) is 13.6. The number of nitrogens with zero attached hydrogens (tertiary/aromatic N) is 5. The number of anilines is 2. The van der Waals surface area contributed by atoms with Gasteiger partial charge in [-0.05, 0) is 67.9 Å². The van der Waals surface area contributed by atoms with E-state index >= 15 is 0 Å². The van der Waals surface area contributed by atoms with Crippen molar-refractivity contribution in [1.82, 2.24) is 35.3 Å². The summed E-state index contributed by atoms with van der Waals surface area (Å²) in [4.78, 5) is 89.2. The quantitative estimate of drug-likeness (QED) is 0.0987. The Morgan fingerprint density at radius 3 is 2.42 bits per heavy atom. The molecule has 2 saturated heterocycles. The first-order valence-corrected chi connectivity index (χ1v) is 20.8. The van der Waals surface area contributed by atoms with Crippen molar-refractivity contribution in [3.63, 3.8) is 0 Å². The lowest BCUT2D eigenvalue weighted by atomic mass is 10.00. The van der Waals surface area contributed by atoms with Gasteiger partial charge in [-0.2, -0.15) is 0 Å². The summed E-state index contributed by atoms with van der Waals surface area (Å²) in [6.07, 6.45) is 8.49. The predicted octanol–water partition coefficient (Wildman–Crippen LogP) is 2.88. The van der Waals surface area contributed by atoms with Gasteiger partial charge in [-0.1, -0.05) is 43.5 Å². The van der Waals surface area contributed by atoms with Crippen LogP contribution in [0.5, 0.6) is 0 Å². The minimum atomic E-state index is -0.987. The first-order chi connectivity index (χ1) is 28.6. The van der Waals surface area contributed by atoms with E-state index in [-0.39, 0.29) is 54.1 Å². The fourth-order valence-electron chi connectivity index (χ4n) is 8.32. The molecule has 2 aromatic carbocycles. The number of nitrogens with one attached hydrogen (secondary N) is 4. The Bertz CT molecular complexity index is 2050. The number of fused-ring (bicyclic) bond motifs is 2. The molecule has 0 bridgehead atoms. The summed E-state index contributed by atoms with van der Waals surface area (Å²) < 4.78 is 0. The lowest BCUT2D eigenvalue weighted by Crippen LogP contribution is -2.54. The number of hydrogen-bond donors (Lipinski definition) is 5. The molecule has 0 radical (unpaired) electrons. The van der Waals surface area contributed by atoms with Gasteiger partial charge < -0.3 is 26.0 Å². The highest BCUT2D eigenvalue weighted by Gasteiger charge is 2.44. The highest BCUT2D eigenvalue weighted by Crippen LogP contribution is 2.30. The van der Waals surface area contributed by atoms with E-state index in [2.05, 4.69) is 54.3 Å². The van der Waals surface area contributed by atoms with Crippen LogP contribution in [-0.4, -0.2) is 123 Å². The number of benzene rings is 2. The average Bonchev–Trinajstić information content (AvgIpc) is 3.48. The molecule has 1 aromatic heterocycles. The number of aliphatic hydroxyl groups is 1. The van der Waals surface area contributed by atoms with Crippen molar-refractivity contribution >= 4 is 46.9 Å². The van der Waals surface area contributed by atoms with Crippen LogP contribution in [0.15, 0.2) is 54.9 Å². The molecule has 0 saturated carbocycles. The number of likely N-dealkylation sites (tertiary alicyclic amines) is 1. The number of aromatic nitrogens is 2. The van der Waals surface area contributed by atoms with Gasteiger partial charge in [0.2, 0.25) is 17.7 Å². The summed E-state index contributed by atoms with van der Waals surface area (Å²) in [5.41, 5.74) is 4.07. The fraction of sp³-hybridized carbons (Fsp3) is 0.488. The van der Waals surface area contributed by atoms with Gasteiger partial charge >= 0.3 is 0 Å². The summed E-state index contributed by atoms with van der Waals surface area (Å²) in [5.74, 6) is -1.73. The SMILES string of the molecule is O=C1CCC(N2C(=O)c3ccc(NCCCCCCCC(=O)N4CCC(Nc5cc(C(=O)NC[C@H](O)CN6CCc7ccccc7C6)ncn5)CC4)cc3C2=O)C(=O)N1. The molecule has 16 nitrogen and oxygen atoms in total. The maximum Gasteiger partial charge on any atom is 0.270 e. The molecule has 4 aliphatic rings. The molecular formula is C43H53N9O7. The van der Waals surface area contributed by atoms with Crippen molar-refractivity contribution in [2.24, 2.45) is 0 Å². The lowest BCUT2D eigenvalue weighted by Gasteiger charge is -2.32. The number of carbonyl (C=O) groups excluding carboxylic acids is 6. The van der Waals surface area contributed by atoms with Gasteiger partial charge in [-0.25, -0.2) is 9.97 Å². The van der Waals surface area contributed by atoms with Crippen LogP contribution in [0.2, 0.25) is 0 Å². The van der Waals surface area contributed by atoms with E-state index in [1.165, 1.54) is 17.5 Å². The molecule has 6 amide bonds. The number of aliphatic hydroxyl groups excluding tert-OH is 1. The Morgan fingerprint density at radius 1 is 0.847 bits per heavy atom. The third-order valence-corrected chi connectivity index (χ3v) is 11.6. The zero-order chi connectivity index (χ0) is 41.3. The Morgan fingerprint density at radius 2 is 1.61 bits per heavy atom. The highest BCUT2D eigenvalue weighted by molar-refractivity contribution is 6.23. The molecule has 5 N–H and O–H groups in total. The van der Waals surface area contributed by atoms with Crippen LogP contribution >= 0.6 is 0 Å². The van der Waals surface area contributed by atoms with Gasteiger partial charge in [0, 0.05) is 76.5 Å². The van der Waals surface area contributed by atoms with Crippen LogP contribution in [0.1, 0.15) is 107 Å². The van der Waals surface area contributed by atoms with Crippen LogP contribution in [0.3, 0.4) is 0 Å². The maximum absolute atomic E-state index is 13.1. The molecule has 4 aliphatic heterocycles. The molecule has 5 heterocycles. The van der Waals surface area contributed by atoms with Gasteiger partial charge in [0.25, 0.3) is 17.7 Å². The number of carbonyl (C=O) groups is 6. The summed E-state index contributed by atoms with van der Waals surface area (Å²) in [7, 11) is 0. The zero-order valence-corrected chi connectivity index (χ0v) is 33.3. The maximum atomic E-state index is 13.1. The Labute approximate surface area is 343 Å². The minimum Gasteiger partial charge on any atom is -0.390 e. The fourth-order valence-corrected chi connectivity index (χ4v) is 8.32. The number of hydrogen-bond acceptors (Lipinski definition) is 12. The summed E-state index contributed by atoms with van der Waals surface area (Å²) in [6.45, 7) is 4.24. The molecule has 0 aliphatic carbocycles. The number of amides is 6. The van der Waals surface area contributed by atoms with Crippen LogP contribution < -0.4 is 21.3 Å². The largest absolute Gasteiger partial charge is 0.390 e. The van der Waals surface area contributed by atoms with E-state index in [9.17, 15) is 33.9 Å². The lowest BCUT2D eigenvalue weighted by molar-refractivity contribution is -0.136. The molecule has 7 rings (SSSR count). The third kappa shape index (κ3) is 10.5. The van der Waals surface area contributed by atoms with Crippen molar-refractivity contribution in [1.29, 1.82) is 0 Å². The zero-order valence-electron chi connectivity index (χ0n) is 33.3. The number of unbranched alkanes of at least 4 members (excludes halogenated alkanes) is 4. The summed E-state index contributed by atoms with van der Waals surface area (Å²) in [6, 6.07) is 14.1. The average molecular weight is 808 g/mol. The molecule has 1 unspecified atom stereocenters.